The molecule has 2 aromatic carbocycles. The number of carbonyl (C=O) groups is 3. The topological polar surface area (TPSA) is 82.1 Å². The first kappa shape index (κ1) is 17.5. The minimum atomic E-state index is -0.480. The summed E-state index contributed by atoms with van der Waals surface area (Å²) in [7, 11) is 4.34. The number of ketones is 1. The van der Waals surface area contributed by atoms with E-state index >= 15 is 0 Å². The predicted molar refractivity (Wildman–Crippen MR) is 92.2 cm³/mol. The van der Waals surface area contributed by atoms with E-state index in [0.717, 1.165) is 4.90 Å². The van der Waals surface area contributed by atoms with Crippen molar-refractivity contribution < 1.29 is 28.6 Å². The number of Topliss-reactive ketones (excluding diaryl/α,β-unsaturated/α-hetero) is 1. The molecule has 0 aromatic heterocycles. The van der Waals surface area contributed by atoms with Crippen LogP contribution in [0.4, 0.5) is 0 Å². The van der Waals surface area contributed by atoms with E-state index in [1.165, 1.54) is 33.5 Å². The Bertz CT molecular complexity index is 845. The Kier molecular flexibility index (Phi) is 4.62. The maximum Gasteiger partial charge on any atom is 0.261 e. The van der Waals surface area contributed by atoms with Gasteiger partial charge in [-0.3, -0.25) is 19.3 Å². The summed E-state index contributed by atoms with van der Waals surface area (Å²) in [6.45, 7) is -0.370. The number of hydrogen-bond donors (Lipinski definition) is 0. The number of fused-ring (bicyclic) bond motifs is 1. The summed E-state index contributed by atoms with van der Waals surface area (Å²) in [5.74, 6) is -0.390. The molecule has 3 rings (SSSR count). The van der Waals surface area contributed by atoms with Crippen LogP contribution in [0.1, 0.15) is 31.1 Å². The average Bonchev–Trinajstić information content (AvgIpc) is 2.91. The molecule has 0 unspecified atom stereocenters. The van der Waals surface area contributed by atoms with Crippen LogP contribution in [0.5, 0.6) is 17.2 Å². The second kappa shape index (κ2) is 6.87. The number of ether oxygens (including phenoxy) is 3. The molecule has 1 aliphatic heterocycles. The van der Waals surface area contributed by atoms with Crippen LogP contribution >= 0.6 is 0 Å². The fraction of sp³-hybridized carbons (Fsp3) is 0.211. The lowest BCUT2D eigenvalue weighted by Crippen LogP contribution is -2.34. The monoisotopic (exact) mass is 355 g/mol. The first-order chi connectivity index (χ1) is 12.5. The molecule has 0 spiro atoms. The van der Waals surface area contributed by atoms with Gasteiger partial charge in [-0.25, -0.2) is 0 Å². The van der Waals surface area contributed by atoms with Crippen molar-refractivity contribution >= 4 is 17.6 Å². The molecule has 0 saturated carbocycles. The van der Waals surface area contributed by atoms with Gasteiger partial charge in [0.25, 0.3) is 11.8 Å². The maximum atomic E-state index is 12.7. The Morgan fingerprint density at radius 2 is 1.38 bits per heavy atom. The third-order valence-corrected chi connectivity index (χ3v) is 4.17. The second-order valence-corrected chi connectivity index (χ2v) is 5.58. The molecule has 0 N–H and O–H groups in total. The van der Waals surface area contributed by atoms with E-state index in [-0.39, 0.29) is 12.1 Å². The lowest BCUT2D eigenvalue weighted by Gasteiger charge is -2.16. The van der Waals surface area contributed by atoms with Crippen molar-refractivity contribution in [2.24, 2.45) is 0 Å². The molecule has 134 valence electrons. The molecule has 7 nitrogen and oxygen atoms in total. The first-order valence-electron chi connectivity index (χ1n) is 7.80. The van der Waals surface area contributed by atoms with Crippen molar-refractivity contribution in [3.63, 3.8) is 0 Å². The zero-order valence-electron chi connectivity index (χ0n) is 14.6. The molecule has 2 amide bonds. The first-order valence-corrected chi connectivity index (χ1v) is 7.80. The third kappa shape index (κ3) is 2.77. The molecule has 0 radical (unpaired) electrons. The highest BCUT2D eigenvalue weighted by Crippen LogP contribution is 2.38. The molecule has 0 atom stereocenters. The van der Waals surface area contributed by atoms with Crippen LogP contribution in [-0.2, 0) is 0 Å². The molecular formula is C19H17NO6. The van der Waals surface area contributed by atoms with E-state index in [0.29, 0.717) is 28.4 Å². The summed E-state index contributed by atoms with van der Waals surface area (Å²) >= 11 is 0. The van der Waals surface area contributed by atoms with Crippen LogP contribution in [0, 0.1) is 0 Å². The molecule has 26 heavy (non-hydrogen) atoms. The van der Waals surface area contributed by atoms with Gasteiger partial charge in [-0.05, 0) is 24.3 Å². The van der Waals surface area contributed by atoms with Gasteiger partial charge >= 0.3 is 0 Å². The Labute approximate surface area is 150 Å². The number of imide groups is 1. The quantitative estimate of drug-likeness (QED) is 0.584. The van der Waals surface area contributed by atoms with Crippen molar-refractivity contribution in [2.45, 2.75) is 0 Å². The summed E-state index contributed by atoms with van der Waals surface area (Å²) in [5.41, 5.74) is 0.849. The van der Waals surface area contributed by atoms with Crippen molar-refractivity contribution in [3.8, 4) is 17.2 Å². The van der Waals surface area contributed by atoms with Crippen molar-refractivity contribution in [1.82, 2.24) is 4.90 Å². The van der Waals surface area contributed by atoms with Gasteiger partial charge < -0.3 is 14.2 Å². The van der Waals surface area contributed by atoms with Crippen LogP contribution in [-0.4, -0.2) is 50.4 Å². The molecule has 7 heteroatoms. The second-order valence-electron chi connectivity index (χ2n) is 5.58. The third-order valence-electron chi connectivity index (χ3n) is 4.17. The van der Waals surface area contributed by atoms with Gasteiger partial charge in [0.2, 0.25) is 5.75 Å². The van der Waals surface area contributed by atoms with Gasteiger partial charge in [0.1, 0.15) is 0 Å². The zero-order chi connectivity index (χ0) is 18.8. The standard InChI is InChI=1S/C19H17NO6/c1-24-15-8-11(9-16(25-2)17(15)26-3)14(21)10-20-18(22)12-6-4-5-7-13(12)19(20)23/h4-9H,10H2,1-3H3. The number of amides is 2. The number of nitrogens with zero attached hydrogens (tertiary/aromatic N) is 1. The van der Waals surface area contributed by atoms with E-state index in [1.54, 1.807) is 24.3 Å². The number of carbonyl (C=O) groups excluding carboxylic acids is 3. The molecular weight excluding hydrogens is 338 g/mol. The van der Waals surface area contributed by atoms with Gasteiger partial charge in [0.15, 0.2) is 17.3 Å². The number of hydrogen-bond acceptors (Lipinski definition) is 6. The molecule has 2 aromatic rings. The van der Waals surface area contributed by atoms with E-state index in [1.807, 2.05) is 0 Å². The van der Waals surface area contributed by atoms with E-state index in [9.17, 15) is 14.4 Å². The van der Waals surface area contributed by atoms with E-state index in [2.05, 4.69) is 0 Å². The predicted octanol–water partition coefficient (Wildman–Crippen LogP) is 2.19. The lowest BCUT2D eigenvalue weighted by molar-refractivity contribution is 0.0624. The van der Waals surface area contributed by atoms with E-state index in [4.69, 9.17) is 14.2 Å². The Morgan fingerprint density at radius 3 is 1.81 bits per heavy atom. The summed E-state index contributed by atoms with van der Waals surface area (Å²) in [6.07, 6.45) is 0. The normalized spacial score (nSPS) is 12.8. The molecule has 0 fully saturated rings. The number of benzene rings is 2. The van der Waals surface area contributed by atoms with Crippen LogP contribution < -0.4 is 14.2 Å². The molecule has 0 saturated heterocycles. The molecule has 0 bridgehead atoms. The summed E-state index contributed by atoms with van der Waals surface area (Å²) in [5, 5.41) is 0. The fourth-order valence-corrected chi connectivity index (χ4v) is 2.86. The fourth-order valence-electron chi connectivity index (χ4n) is 2.86. The lowest BCUT2D eigenvalue weighted by atomic mass is 10.1. The molecule has 1 aliphatic rings. The van der Waals surface area contributed by atoms with Gasteiger partial charge in [-0.2, -0.15) is 0 Å². The van der Waals surface area contributed by atoms with Gasteiger partial charge in [-0.15, -0.1) is 0 Å². The van der Waals surface area contributed by atoms with Crippen molar-refractivity contribution in [3.05, 3.63) is 53.1 Å². The summed E-state index contributed by atoms with van der Waals surface area (Å²) in [6, 6.07) is 9.46. The highest BCUT2D eigenvalue weighted by Gasteiger charge is 2.36. The molecule has 1 heterocycles. The van der Waals surface area contributed by atoms with E-state index < -0.39 is 17.6 Å². The van der Waals surface area contributed by atoms with Crippen LogP contribution in [0.25, 0.3) is 0 Å². The Hall–Kier alpha value is -3.35. The summed E-state index contributed by atoms with van der Waals surface area (Å²) in [4.78, 5) is 38.4. The van der Waals surface area contributed by atoms with Crippen LogP contribution in [0.15, 0.2) is 36.4 Å². The Morgan fingerprint density at radius 1 is 0.885 bits per heavy atom. The highest BCUT2D eigenvalue weighted by molar-refractivity contribution is 6.23. The smallest absolute Gasteiger partial charge is 0.261 e. The van der Waals surface area contributed by atoms with Gasteiger partial charge in [0, 0.05) is 5.56 Å². The molecule has 0 aliphatic carbocycles. The average molecular weight is 355 g/mol. The minimum Gasteiger partial charge on any atom is -0.493 e. The largest absolute Gasteiger partial charge is 0.493 e. The zero-order valence-corrected chi connectivity index (χ0v) is 14.6. The number of methoxy groups -OCH3 is 3. The van der Waals surface area contributed by atoms with Crippen LogP contribution in [0.2, 0.25) is 0 Å². The SMILES string of the molecule is COc1cc(C(=O)CN2C(=O)c3ccccc3C2=O)cc(OC)c1OC. The maximum absolute atomic E-state index is 12.7. The van der Waals surface area contributed by atoms with Gasteiger partial charge in [0.05, 0.1) is 39.0 Å². The minimum absolute atomic E-state index is 0.246. The Balaban J connectivity index is 1.90. The van der Waals surface area contributed by atoms with Gasteiger partial charge in [-0.1, -0.05) is 12.1 Å². The van der Waals surface area contributed by atoms with Crippen molar-refractivity contribution in [1.29, 1.82) is 0 Å². The van der Waals surface area contributed by atoms with Crippen LogP contribution in [0.3, 0.4) is 0 Å². The number of rotatable bonds is 6. The van der Waals surface area contributed by atoms with Crippen molar-refractivity contribution in [2.75, 3.05) is 27.9 Å². The highest BCUT2D eigenvalue weighted by atomic mass is 16.5. The summed E-state index contributed by atoms with van der Waals surface area (Å²) < 4.78 is 15.7.